The summed E-state index contributed by atoms with van der Waals surface area (Å²) in [7, 11) is 0. The van der Waals surface area contributed by atoms with Crippen LogP contribution in [-0.2, 0) is 4.79 Å². The summed E-state index contributed by atoms with van der Waals surface area (Å²) in [5.41, 5.74) is 3.76. The van der Waals surface area contributed by atoms with Crippen molar-refractivity contribution >= 4 is 34.8 Å². The van der Waals surface area contributed by atoms with E-state index in [0.717, 1.165) is 25.0 Å². The maximum Gasteiger partial charge on any atom is 0.240 e. The van der Waals surface area contributed by atoms with E-state index in [0.29, 0.717) is 41.2 Å². The number of hydrogen-bond acceptors (Lipinski definition) is 3. The minimum atomic E-state index is -0.0823. The molecule has 1 amide bonds. The molecule has 0 aromatic heterocycles. The van der Waals surface area contributed by atoms with Gasteiger partial charge >= 0.3 is 0 Å². The molecule has 0 spiro atoms. The normalized spacial score (nSPS) is 19.6. The average Bonchev–Trinajstić information content (AvgIpc) is 2.52. The fraction of sp³-hybridized carbons (Fsp3) is 0.529. The van der Waals surface area contributed by atoms with Crippen molar-refractivity contribution in [1.82, 2.24) is 5.43 Å². The lowest BCUT2D eigenvalue weighted by Crippen LogP contribution is -2.24. The first-order chi connectivity index (χ1) is 11.1. The number of carbonyl (C=O) groups is 1. The molecular weight excluding hydrogens is 335 g/mol. The second-order valence-corrected chi connectivity index (χ2v) is 6.66. The van der Waals surface area contributed by atoms with Crippen molar-refractivity contribution in [2.75, 3.05) is 6.61 Å². The highest BCUT2D eigenvalue weighted by atomic mass is 35.5. The number of ether oxygens (including phenoxy) is 1. The molecule has 1 saturated carbocycles. The molecule has 126 valence electrons. The number of nitrogens with one attached hydrogen (secondary N) is 1. The van der Waals surface area contributed by atoms with Gasteiger partial charge in [-0.2, -0.15) is 5.10 Å². The summed E-state index contributed by atoms with van der Waals surface area (Å²) in [6, 6.07) is 5.07. The second kappa shape index (κ2) is 9.14. The first kappa shape index (κ1) is 18.1. The summed E-state index contributed by atoms with van der Waals surface area (Å²) in [5, 5.41) is 5.30. The van der Waals surface area contributed by atoms with Gasteiger partial charge in [-0.05, 0) is 49.8 Å². The zero-order valence-electron chi connectivity index (χ0n) is 13.3. The molecule has 0 heterocycles. The van der Waals surface area contributed by atoms with E-state index in [9.17, 15) is 4.79 Å². The topological polar surface area (TPSA) is 50.7 Å². The van der Waals surface area contributed by atoms with E-state index < -0.39 is 0 Å². The molecule has 2 rings (SSSR count). The lowest BCUT2D eigenvalue weighted by molar-refractivity contribution is -0.121. The SMILES string of the molecule is CC1CCCC/C1=N\NC(=O)CCCOc1ccc(Cl)cc1Cl. The third-order valence-corrected chi connectivity index (χ3v) is 4.44. The molecule has 1 unspecified atom stereocenters. The van der Waals surface area contributed by atoms with E-state index in [4.69, 9.17) is 27.9 Å². The van der Waals surface area contributed by atoms with Crippen LogP contribution < -0.4 is 10.2 Å². The molecule has 1 atom stereocenters. The van der Waals surface area contributed by atoms with Crippen LogP contribution in [-0.4, -0.2) is 18.2 Å². The molecule has 1 fully saturated rings. The Morgan fingerprint density at radius 1 is 1.39 bits per heavy atom. The fourth-order valence-corrected chi connectivity index (χ4v) is 3.00. The van der Waals surface area contributed by atoms with Gasteiger partial charge in [0.1, 0.15) is 5.75 Å². The number of hydrazone groups is 1. The van der Waals surface area contributed by atoms with Gasteiger partial charge in [0, 0.05) is 17.2 Å². The number of rotatable bonds is 6. The smallest absolute Gasteiger partial charge is 0.240 e. The largest absolute Gasteiger partial charge is 0.492 e. The monoisotopic (exact) mass is 356 g/mol. The van der Waals surface area contributed by atoms with Crippen LogP contribution in [0.4, 0.5) is 0 Å². The van der Waals surface area contributed by atoms with E-state index >= 15 is 0 Å². The first-order valence-corrected chi connectivity index (χ1v) is 8.75. The van der Waals surface area contributed by atoms with Gasteiger partial charge in [0.15, 0.2) is 0 Å². The molecule has 1 aromatic rings. The molecule has 0 radical (unpaired) electrons. The second-order valence-electron chi connectivity index (χ2n) is 5.81. The van der Waals surface area contributed by atoms with E-state index in [1.165, 1.54) is 6.42 Å². The lowest BCUT2D eigenvalue weighted by atomic mass is 9.89. The third-order valence-electron chi connectivity index (χ3n) is 3.91. The fourth-order valence-electron chi connectivity index (χ4n) is 2.53. The van der Waals surface area contributed by atoms with Gasteiger partial charge in [0.25, 0.3) is 0 Å². The summed E-state index contributed by atoms with van der Waals surface area (Å²) in [5.74, 6) is 0.966. The summed E-state index contributed by atoms with van der Waals surface area (Å²) in [4.78, 5) is 11.8. The van der Waals surface area contributed by atoms with Gasteiger partial charge < -0.3 is 4.74 Å². The van der Waals surface area contributed by atoms with E-state index in [1.807, 2.05) is 0 Å². The molecule has 4 nitrogen and oxygen atoms in total. The summed E-state index contributed by atoms with van der Waals surface area (Å²) in [6.07, 6.45) is 5.53. The van der Waals surface area contributed by atoms with E-state index in [2.05, 4.69) is 17.5 Å². The highest BCUT2D eigenvalue weighted by Gasteiger charge is 2.16. The van der Waals surface area contributed by atoms with Gasteiger partial charge in [-0.25, -0.2) is 5.43 Å². The van der Waals surface area contributed by atoms with Crippen LogP contribution in [0.5, 0.6) is 5.75 Å². The van der Waals surface area contributed by atoms with Crippen molar-refractivity contribution in [3.63, 3.8) is 0 Å². The first-order valence-electron chi connectivity index (χ1n) is 7.99. The minimum Gasteiger partial charge on any atom is -0.492 e. The summed E-state index contributed by atoms with van der Waals surface area (Å²) >= 11 is 11.8. The molecular formula is C17H22Cl2N2O2. The Kier molecular flexibility index (Phi) is 7.18. The molecule has 0 bridgehead atoms. The van der Waals surface area contributed by atoms with Crippen LogP contribution in [0, 0.1) is 5.92 Å². The number of nitrogens with zero attached hydrogens (tertiary/aromatic N) is 1. The molecule has 1 N–H and O–H groups in total. The number of hydrogen-bond donors (Lipinski definition) is 1. The van der Waals surface area contributed by atoms with Crippen molar-refractivity contribution in [2.45, 2.75) is 45.4 Å². The van der Waals surface area contributed by atoms with Crippen LogP contribution in [0.1, 0.15) is 45.4 Å². The van der Waals surface area contributed by atoms with Crippen molar-refractivity contribution < 1.29 is 9.53 Å². The third kappa shape index (κ3) is 6.04. The standard InChI is InChI=1S/C17H22Cl2N2O2/c1-12-5-2-3-6-15(12)20-21-17(22)7-4-10-23-16-9-8-13(18)11-14(16)19/h8-9,11-12H,2-7,10H2,1H3,(H,21,22)/b20-15+. The van der Waals surface area contributed by atoms with Gasteiger partial charge in [0.2, 0.25) is 5.91 Å². The average molecular weight is 357 g/mol. The van der Waals surface area contributed by atoms with Crippen LogP contribution in [0.2, 0.25) is 10.0 Å². The number of benzene rings is 1. The van der Waals surface area contributed by atoms with Crippen molar-refractivity contribution in [3.05, 3.63) is 28.2 Å². The Morgan fingerprint density at radius 3 is 2.96 bits per heavy atom. The number of amides is 1. The van der Waals surface area contributed by atoms with Crippen LogP contribution >= 0.6 is 23.2 Å². The Bertz CT molecular complexity index is 576. The maximum atomic E-state index is 11.8. The van der Waals surface area contributed by atoms with Crippen molar-refractivity contribution in [1.29, 1.82) is 0 Å². The number of halogens is 2. The van der Waals surface area contributed by atoms with Gasteiger partial charge in [0.05, 0.1) is 11.6 Å². The van der Waals surface area contributed by atoms with Gasteiger partial charge in [-0.1, -0.05) is 36.5 Å². The van der Waals surface area contributed by atoms with Crippen molar-refractivity contribution in [3.8, 4) is 5.75 Å². The van der Waals surface area contributed by atoms with Gasteiger partial charge in [-0.15, -0.1) is 0 Å². The molecule has 6 heteroatoms. The highest BCUT2D eigenvalue weighted by molar-refractivity contribution is 6.35. The highest BCUT2D eigenvalue weighted by Crippen LogP contribution is 2.27. The quantitative estimate of drug-likeness (QED) is 0.585. The molecule has 1 aliphatic carbocycles. The Balaban J connectivity index is 1.67. The Morgan fingerprint density at radius 2 is 2.22 bits per heavy atom. The van der Waals surface area contributed by atoms with Crippen LogP contribution in [0.3, 0.4) is 0 Å². The van der Waals surface area contributed by atoms with E-state index in [-0.39, 0.29) is 5.91 Å². The van der Waals surface area contributed by atoms with Crippen molar-refractivity contribution in [2.24, 2.45) is 11.0 Å². The minimum absolute atomic E-state index is 0.0823. The zero-order chi connectivity index (χ0) is 16.7. The molecule has 1 aliphatic rings. The van der Waals surface area contributed by atoms with Crippen LogP contribution in [0.25, 0.3) is 0 Å². The summed E-state index contributed by atoms with van der Waals surface area (Å²) < 4.78 is 5.55. The predicted molar refractivity (Wildman–Crippen MR) is 94.4 cm³/mol. The maximum absolute atomic E-state index is 11.8. The molecule has 0 aliphatic heterocycles. The Hall–Kier alpha value is -1.26. The molecule has 0 saturated heterocycles. The lowest BCUT2D eigenvalue weighted by Gasteiger charge is -2.19. The number of carbonyl (C=O) groups excluding carboxylic acids is 1. The molecule has 1 aromatic carbocycles. The zero-order valence-corrected chi connectivity index (χ0v) is 14.8. The predicted octanol–water partition coefficient (Wildman–Crippen LogP) is 4.83. The van der Waals surface area contributed by atoms with E-state index in [1.54, 1.807) is 18.2 Å². The molecule has 23 heavy (non-hydrogen) atoms. The van der Waals surface area contributed by atoms with Gasteiger partial charge in [-0.3, -0.25) is 4.79 Å². The Labute approximate surface area is 147 Å². The summed E-state index contributed by atoms with van der Waals surface area (Å²) in [6.45, 7) is 2.58. The van der Waals surface area contributed by atoms with Crippen LogP contribution in [0.15, 0.2) is 23.3 Å².